The van der Waals surface area contributed by atoms with Crippen LogP contribution in [0.5, 0.6) is 5.75 Å². The lowest BCUT2D eigenvalue weighted by atomic mass is 10.2. The predicted octanol–water partition coefficient (Wildman–Crippen LogP) is 4.17. The summed E-state index contributed by atoms with van der Waals surface area (Å²) in [6, 6.07) is 11.1. The Kier molecular flexibility index (Phi) is 6.59. The van der Waals surface area contributed by atoms with E-state index in [0.29, 0.717) is 41.7 Å². The lowest BCUT2D eigenvalue weighted by Gasteiger charge is -2.26. The number of hydrogen-bond acceptors (Lipinski definition) is 4. The van der Waals surface area contributed by atoms with Gasteiger partial charge in [-0.1, -0.05) is 24.1 Å². The Balaban J connectivity index is 1.92. The molecule has 1 N–H and O–H groups in total. The third-order valence-corrected chi connectivity index (χ3v) is 6.67. The summed E-state index contributed by atoms with van der Waals surface area (Å²) in [5.41, 5.74) is 0.684. The van der Waals surface area contributed by atoms with E-state index in [1.165, 1.54) is 16.4 Å². The molecule has 1 amide bonds. The van der Waals surface area contributed by atoms with Crippen LogP contribution in [0.25, 0.3) is 0 Å². The molecule has 8 heteroatoms. The van der Waals surface area contributed by atoms with Gasteiger partial charge in [-0.15, -0.1) is 0 Å². The fourth-order valence-corrected chi connectivity index (χ4v) is 4.86. The zero-order valence-corrected chi connectivity index (χ0v) is 17.2. The maximum atomic E-state index is 13.0. The molecular weight excluding hydrogens is 400 g/mol. The molecule has 0 radical (unpaired) electrons. The van der Waals surface area contributed by atoms with E-state index < -0.39 is 15.9 Å². The molecule has 1 aliphatic rings. The monoisotopic (exact) mass is 422 g/mol. The first-order valence-electron chi connectivity index (χ1n) is 9.25. The number of carbonyl (C=O) groups excluding carboxylic acids is 1. The highest BCUT2D eigenvalue weighted by Gasteiger charge is 2.27. The number of nitrogens with one attached hydrogen (secondary N) is 1. The Morgan fingerprint density at radius 3 is 2.57 bits per heavy atom. The number of ether oxygens (including phenoxy) is 1. The molecule has 6 nitrogen and oxygen atoms in total. The summed E-state index contributed by atoms with van der Waals surface area (Å²) in [5.74, 6) is 0.0199. The van der Waals surface area contributed by atoms with E-state index in [-0.39, 0.29) is 4.90 Å². The first-order chi connectivity index (χ1) is 13.4. The molecule has 0 unspecified atom stereocenters. The van der Waals surface area contributed by atoms with Gasteiger partial charge in [0.2, 0.25) is 10.0 Å². The van der Waals surface area contributed by atoms with Crippen molar-refractivity contribution in [1.82, 2.24) is 4.31 Å². The van der Waals surface area contributed by atoms with E-state index >= 15 is 0 Å². The maximum absolute atomic E-state index is 13.0. The normalized spacial score (nSPS) is 15.2. The van der Waals surface area contributed by atoms with Crippen LogP contribution in [0.4, 0.5) is 5.69 Å². The van der Waals surface area contributed by atoms with Gasteiger partial charge in [0.1, 0.15) is 5.75 Å². The average Bonchev–Trinajstić information content (AvgIpc) is 2.70. The number of carbonyl (C=O) groups is 1. The van der Waals surface area contributed by atoms with Gasteiger partial charge in [0.25, 0.3) is 5.91 Å². The van der Waals surface area contributed by atoms with Crippen LogP contribution in [0.15, 0.2) is 47.4 Å². The molecule has 2 aromatic rings. The van der Waals surface area contributed by atoms with Crippen LogP contribution in [0.2, 0.25) is 5.02 Å². The zero-order chi connectivity index (χ0) is 20.1. The molecule has 3 rings (SSSR count). The van der Waals surface area contributed by atoms with Crippen molar-refractivity contribution in [2.75, 3.05) is 25.0 Å². The highest BCUT2D eigenvalue weighted by Crippen LogP contribution is 2.30. The Morgan fingerprint density at radius 1 is 1.14 bits per heavy atom. The van der Waals surface area contributed by atoms with Gasteiger partial charge in [-0.3, -0.25) is 4.79 Å². The Morgan fingerprint density at radius 2 is 1.89 bits per heavy atom. The van der Waals surface area contributed by atoms with E-state index in [9.17, 15) is 13.2 Å². The lowest BCUT2D eigenvalue weighted by Crippen LogP contribution is -2.35. The molecule has 0 atom stereocenters. The number of anilines is 1. The molecule has 0 aromatic heterocycles. The minimum absolute atomic E-state index is 0.138. The summed E-state index contributed by atoms with van der Waals surface area (Å²) in [6.45, 7) is 3.23. The largest absolute Gasteiger partial charge is 0.492 e. The molecule has 150 valence electrons. The van der Waals surface area contributed by atoms with Crippen LogP contribution in [-0.2, 0) is 10.0 Å². The van der Waals surface area contributed by atoms with Crippen LogP contribution in [0.1, 0.15) is 36.5 Å². The van der Waals surface area contributed by atoms with Crippen LogP contribution in [0, 0.1) is 0 Å². The molecule has 0 bridgehead atoms. The minimum Gasteiger partial charge on any atom is -0.492 e. The Labute approximate surface area is 170 Å². The molecule has 0 aliphatic carbocycles. The van der Waals surface area contributed by atoms with Crippen molar-refractivity contribution >= 4 is 33.2 Å². The van der Waals surface area contributed by atoms with Crippen molar-refractivity contribution in [3.05, 3.63) is 53.1 Å². The van der Waals surface area contributed by atoms with Crippen molar-refractivity contribution in [3.8, 4) is 5.75 Å². The van der Waals surface area contributed by atoms with E-state index in [2.05, 4.69) is 5.32 Å². The van der Waals surface area contributed by atoms with E-state index in [1.54, 1.807) is 30.3 Å². The predicted molar refractivity (Wildman–Crippen MR) is 110 cm³/mol. The van der Waals surface area contributed by atoms with Gasteiger partial charge in [-0.25, -0.2) is 8.42 Å². The number of amides is 1. The molecule has 1 saturated heterocycles. The average molecular weight is 423 g/mol. The van der Waals surface area contributed by atoms with Crippen LogP contribution in [0.3, 0.4) is 0 Å². The standard InChI is InChI=1S/C20H23ClN2O4S/c1-2-27-19-10-9-17(28(25,26)23-11-4-3-5-12-23)14-18(19)22-20(24)15-7-6-8-16(21)13-15/h6-10,13-14H,2-5,11-12H2,1H3,(H,22,24). The quantitative estimate of drug-likeness (QED) is 0.758. The number of rotatable bonds is 6. The van der Waals surface area contributed by atoms with Crippen molar-refractivity contribution in [3.63, 3.8) is 0 Å². The van der Waals surface area contributed by atoms with Crippen LogP contribution < -0.4 is 10.1 Å². The number of sulfonamides is 1. The first-order valence-corrected chi connectivity index (χ1v) is 11.1. The summed E-state index contributed by atoms with van der Waals surface area (Å²) < 4.78 is 33.0. The summed E-state index contributed by atoms with van der Waals surface area (Å²) in [5, 5.41) is 3.19. The van der Waals surface area contributed by atoms with Gasteiger partial charge in [0.05, 0.1) is 17.2 Å². The Bertz CT molecular complexity index is 956. The van der Waals surface area contributed by atoms with E-state index in [1.807, 2.05) is 6.92 Å². The third-order valence-electron chi connectivity index (χ3n) is 4.54. The van der Waals surface area contributed by atoms with Crippen molar-refractivity contribution in [2.24, 2.45) is 0 Å². The van der Waals surface area contributed by atoms with Crippen LogP contribution >= 0.6 is 11.6 Å². The molecule has 1 fully saturated rings. The minimum atomic E-state index is -3.62. The third kappa shape index (κ3) is 4.66. The van der Waals surface area contributed by atoms with Gasteiger partial charge in [0, 0.05) is 23.7 Å². The number of benzene rings is 2. The molecule has 0 saturated carbocycles. The second-order valence-electron chi connectivity index (χ2n) is 6.52. The summed E-state index contributed by atoms with van der Waals surface area (Å²) in [4.78, 5) is 12.7. The lowest BCUT2D eigenvalue weighted by molar-refractivity contribution is 0.102. The first kappa shape index (κ1) is 20.6. The topological polar surface area (TPSA) is 75.7 Å². The number of halogens is 1. The highest BCUT2D eigenvalue weighted by atomic mass is 35.5. The zero-order valence-electron chi connectivity index (χ0n) is 15.7. The van der Waals surface area contributed by atoms with Crippen molar-refractivity contribution in [1.29, 1.82) is 0 Å². The van der Waals surface area contributed by atoms with Gasteiger partial charge in [-0.05, 0) is 56.2 Å². The summed E-state index contributed by atoms with van der Waals surface area (Å²) in [7, 11) is -3.62. The molecular formula is C20H23ClN2O4S. The Hall–Kier alpha value is -2.09. The van der Waals surface area contributed by atoms with E-state index in [0.717, 1.165) is 19.3 Å². The fourth-order valence-electron chi connectivity index (χ4n) is 3.13. The number of piperidine rings is 1. The van der Waals surface area contributed by atoms with Gasteiger partial charge >= 0.3 is 0 Å². The molecule has 28 heavy (non-hydrogen) atoms. The number of nitrogens with zero attached hydrogens (tertiary/aromatic N) is 1. The molecule has 1 heterocycles. The summed E-state index contributed by atoms with van der Waals surface area (Å²) >= 11 is 5.95. The smallest absolute Gasteiger partial charge is 0.255 e. The SMILES string of the molecule is CCOc1ccc(S(=O)(=O)N2CCCCC2)cc1NC(=O)c1cccc(Cl)c1. The van der Waals surface area contributed by atoms with Crippen LogP contribution in [-0.4, -0.2) is 38.3 Å². The molecule has 0 spiro atoms. The highest BCUT2D eigenvalue weighted by molar-refractivity contribution is 7.89. The van der Waals surface area contributed by atoms with Gasteiger partial charge < -0.3 is 10.1 Å². The second-order valence-corrected chi connectivity index (χ2v) is 8.89. The number of hydrogen-bond donors (Lipinski definition) is 1. The summed E-state index contributed by atoms with van der Waals surface area (Å²) in [6.07, 6.45) is 2.75. The van der Waals surface area contributed by atoms with Crippen molar-refractivity contribution < 1.29 is 17.9 Å². The van der Waals surface area contributed by atoms with Gasteiger partial charge in [-0.2, -0.15) is 4.31 Å². The molecule has 1 aliphatic heterocycles. The van der Waals surface area contributed by atoms with Gasteiger partial charge in [0.15, 0.2) is 0 Å². The second kappa shape index (κ2) is 8.94. The maximum Gasteiger partial charge on any atom is 0.255 e. The van der Waals surface area contributed by atoms with Crippen molar-refractivity contribution in [2.45, 2.75) is 31.1 Å². The molecule has 2 aromatic carbocycles. The van der Waals surface area contributed by atoms with E-state index in [4.69, 9.17) is 16.3 Å². The fraction of sp³-hybridized carbons (Fsp3) is 0.350.